The van der Waals surface area contributed by atoms with Crippen LogP contribution in [0.2, 0.25) is 6.82 Å². The normalized spacial score (nSPS) is 13.7. The van der Waals surface area contributed by atoms with Crippen LogP contribution in [-0.4, -0.2) is 62.9 Å². The third kappa shape index (κ3) is 7.47. The fourth-order valence-corrected chi connectivity index (χ4v) is 4.21. The standard InChI is InChI=1S/C25H29BN4O4S/c1-16-21(10-7-11-27-16)34-22-12-19(35-23(15-32)18-8-5-4-6-9-18)13-28-25(22)30-17(2)29-24(26-3)20(33)14-31/h4-13,20,23,31-33H,14-15H2,1-3H3,(H,28,29,30). The van der Waals surface area contributed by atoms with Crippen molar-refractivity contribution in [3.8, 4) is 11.5 Å². The van der Waals surface area contributed by atoms with Gasteiger partial charge in [0, 0.05) is 0 Å². The number of aliphatic hydroxyl groups is 3. The number of hydrogen-bond donors (Lipinski definition) is 4. The number of amidine groups is 1. The van der Waals surface area contributed by atoms with E-state index in [0.717, 1.165) is 16.2 Å². The van der Waals surface area contributed by atoms with Crippen LogP contribution in [0.25, 0.3) is 0 Å². The molecule has 0 aliphatic heterocycles. The first-order valence-corrected chi connectivity index (χ1v) is 12.0. The molecule has 182 valence electrons. The maximum absolute atomic E-state index is 9.97. The first-order chi connectivity index (χ1) is 16.9. The van der Waals surface area contributed by atoms with E-state index in [1.165, 1.54) is 11.8 Å². The fourth-order valence-electron chi connectivity index (χ4n) is 3.22. The fraction of sp³-hybridized carbons (Fsp3) is 0.280. The van der Waals surface area contributed by atoms with Crippen molar-refractivity contribution in [2.45, 2.75) is 36.9 Å². The SMILES string of the molecule is CB=C(N/C(C)=N/c1ncc(SC(CO)c2ccccc2)cc1Oc1cccnc1C)C(O)CO. The van der Waals surface area contributed by atoms with E-state index in [0.29, 0.717) is 28.7 Å². The molecule has 0 spiro atoms. The van der Waals surface area contributed by atoms with Gasteiger partial charge in [-0.25, -0.2) is 0 Å². The van der Waals surface area contributed by atoms with Gasteiger partial charge in [-0.15, -0.1) is 0 Å². The van der Waals surface area contributed by atoms with Crippen LogP contribution in [0.5, 0.6) is 11.5 Å². The topological polar surface area (TPSA) is 120 Å². The van der Waals surface area contributed by atoms with Gasteiger partial charge in [0.1, 0.15) is 0 Å². The van der Waals surface area contributed by atoms with E-state index >= 15 is 0 Å². The van der Waals surface area contributed by atoms with Gasteiger partial charge in [-0.3, -0.25) is 0 Å². The number of nitrogens with one attached hydrogen (secondary N) is 1. The van der Waals surface area contributed by atoms with E-state index in [1.807, 2.05) is 49.4 Å². The Morgan fingerprint density at radius 2 is 1.89 bits per heavy atom. The molecule has 0 fully saturated rings. The summed E-state index contributed by atoms with van der Waals surface area (Å²) in [4.78, 5) is 14.1. The first-order valence-electron chi connectivity index (χ1n) is 11.1. The van der Waals surface area contributed by atoms with Crippen LogP contribution >= 0.6 is 11.8 Å². The Morgan fingerprint density at radius 3 is 2.54 bits per heavy atom. The number of aryl methyl sites for hydroxylation is 1. The third-order valence-electron chi connectivity index (χ3n) is 5.04. The van der Waals surface area contributed by atoms with Crippen molar-refractivity contribution in [3.63, 3.8) is 0 Å². The van der Waals surface area contributed by atoms with Crippen molar-refractivity contribution < 1.29 is 20.1 Å². The molecule has 2 aromatic heterocycles. The van der Waals surface area contributed by atoms with Crippen LogP contribution in [0.15, 0.2) is 70.8 Å². The van der Waals surface area contributed by atoms with Crippen LogP contribution in [0.3, 0.4) is 0 Å². The van der Waals surface area contributed by atoms with Gasteiger partial charge in [-0.05, 0) is 0 Å². The van der Waals surface area contributed by atoms with Gasteiger partial charge in [-0.2, -0.15) is 0 Å². The summed E-state index contributed by atoms with van der Waals surface area (Å²) in [6, 6.07) is 15.2. The summed E-state index contributed by atoms with van der Waals surface area (Å²) in [5, 5.41) is 32.0. The Kier molecular flexibility index (Phi) is 9.98. The summed E-state index contributed by atoms with van der Waals surface area (Å²) in [7, 11) is 0. The van der Waals surface area contributed by atoms with E-state index < -0.39 is 12.7 Å². The molecule has 0 aliphatic rings. The Bertz CT molecular complexity index is 1180. The molecule has 2 unspecified atom stereocenters. The van der Waals surface area contributed by atoms with Crippen molar-refractivity contribution in [3.05, 3.63) is 72.2 Å². The summed E-state index contributed by atoms with van der Waals surface area (Å²) in [6.45, 7) is 6.56. The van der Waals surface area contributed by atoms with Gasteiger partial charge in [0.15, 0.2) is 0 Å². The van der Waals surface area contributed by atoms with Gasteiger partial charge in [0.05, 0.1) is 0 Å². The van der Waals surface area contributed by atoms with Crippen LogP contribution in [0.4, 0.5) is 5.82 Å². The van der Waals surface area contributed by atoms with Crippen molar-refractivity contribution >= 4 is 35.9 Å². The second-order valence-corrected chi connectivity index (χ2v) is 8.92. The van der Waals surface area contributed by atoms with Crippen molar-refractivity contribution in [2.24, 2.45) is 4.99 Å². The zero-order valence-electron chi connectivity index (χ0n) is 19.9. The Balaban J connectivity index is 1.94. The predicted octanol–water partition coefficient (Wildman–Crippen LogP) is 3.28. The molecule has 0 bridgehead atoms. The van der Waals surface area contributed by atoms with E-state index in [9.17, 15) is 15.3 Å². The molecule has 0 amide bonds. The van der Waals surface area contributed by atoms with E-state index in [1.54, 1.807) is 39.1 Å². The average molecular weight is 492 g/mol. The van der Waals surface area contributed by atoms with Crippen LogP contribution in [0.1, 0.15) is 23.4 Å². The minimum absolute atomic E-state index is 0.0329. The van der Waals surface area contributed by atoms with Crippen molar-refractivity contribution in [2.75, 3.05) is 13.2 Å². The molecule has 35 heavy (non-hydrogen) atoms. The summed E-state index contributed by atoms with van der Waals surface area (Å²) in [5.41, 5.74) is 2.16. The molecule has 2 atom stereocenters. The molecule has 0 saturated heterocycles. The number of aliphatic imine (C=N–C) groups is 1. The molecule has 0 radical (unpaired) electrons. The molecule has 2 heterocycles. The first kappa shape index (κ1) is 26.6. The summed E-state index contributed by atoms with van der Waals surface area (Å²) in [6.07, 6.45) is 2.33. The van der Waals surface area contributed by atoms with Gasteiger partial charge >= 0.3 is 192 Å². The Morgan fingerprint density at radius 1 is 1.11 bits per heavy atom. The molecular weight excluding hydrogens is 463 g/mol. The van der Waals surface area contributed by atoms with E-state index in [2.05, 4.69) is 20.3 Å². The number of benzene rings is 1. The maximum atomic E-state index is 9.97. The third-order valence-corrected chi connectivity index (χ3v) is 6.24. The quantitative estimate of drug-likeness (QED) is 0.147. The summed E-state index contributed by atoms with van der Waals surface area (Å²) >= 11 is 1.48. The molecule has 1 aromatic carbocycles. The van der Waals surface area contributed by atoms with Crippen LogP contribution in [-0.2, 0) is 0 Å². The van der Waals surface area contributed by atoms with Crippen molar-refractivity contribution in [1.82, 2.24) is 15.3 Å². The Labute approximate surface area is 210 Å². The van der Waals surface area contributed by atoms with Gasteiger partial charge in [0.2, 0.25) is 0 Å². The zero-order valence-corrected chi connectivity index (χ0v) is 20.7. The van der Waals surface area contributed by atoms with E-state index in [4.69, 9.17) is 4.74 Å². The number of ether oxygens (including phenoxy) is 1. The van der Waals surface area contributed by atoms with Crippen LogP contribution < -0.4 is 10.1 Å². The summed E-state index contributed by atoms with van der Waals surface area (Å²) < 4.78 is 6.16. The van der Waals surface area contributed by atoms with Gasteiger partial charge in [0.25, 0.3) is 0 Å². The second kappa shape index (κ2) is 13.2. The van der Waals surface area contributed by atoms with Crippen LogP contribution in [0, 0.1) is 6.92 Å². The van der Waals surface area contributed by atoms with Crippen molar-refractivity contribution in [1.29, 1.82) is 0 Å². The van der Waals surface area contributed by atoms with Gasteiger partial charge < -0.3 is 0 Å². The molecule has 0 aliphatic carbocycles. The number of nitrogens with zero attached hydrogens (tertiary/aromatic N) is 3. The Hall–Kier alpha value is -3.05. The monoisotopic (exact) mass is 492 g/mol. The number of aliphatic hydroxyl groups excluding tert-OH is 3. The van der Waals surface area contributed by atoms with E-state index in [-0.39, 0.29) is 11.9 Å². The number of hydrogen-bond acceptors (Lipinski definition) is 8. The molecule has 3 aromatic rings. The average Bonchev–Trinajstić information content (AvgIpc) is 2.88. The zero-order chi connectivity index (χ0) is 25.2. The number of pyridine rings is 2. The molecule has 3 rings (SSSR count). The molecule has 4 N–H and O–H groups in total. The number of thioether (sulfide) groups is 1. The predicted molar refractivity (Wildman–Crippen MR) is 141 cm³/mol. The molecular formula is C25H29BN4O4S. The molecule has 10 heteroatoms. The summed E-state index contributed by atoms with van der Waals surface area (Å²) in [5.74, 6) is 1.78. The minimum atomic E-state index is -1.04. The molecule has 8 nitrogen and oxygen atoms in total. The molecule has 0 saturated carbocycles. The number of aromatic nitrogens is 2. The number of rotatable bonds is 10. The van der Waals surface area contributed by atoms with Gasteiger partial charge in [-0.1, -0.05) is 18.2 Å². The second-order valence-electron chi connectivity index (χ2n) is 7.65.